The van der Waals surface area contributed by atoms with Crippen LogP contribution < -0.4 is 10.1 Å². The third-order valence-electron chi connectivity index (χ3n) is 3.58. The molecular formula is C17H23NO2. The molecule has 108 valence electrons. The molecule has 20 heavy (non-hydrogen) atoms. The van der Waals surface area contributed by atoms with Gasteiger partial charge in [0.25, 0.3) is 0 Å². The van der Waals surface area contributed by atoms with Crippen LogP contribution in [0.25, 0.3) is 5.57 Å². The van der Waals surface area contributed by atoms with Crippen molar-refractivity contribution in [1.82, 2.24) is 5.32 Å². The van der Waals surface area contributed by atoms with E-state index in [-0.39, 0.29) is 5.60 Å². The van der Waals surface area contributed by atoms with Crippen molar-refractivity contribution in [3.05, 3.63) is 35.9 Å². The number of nitrogens with one attached hydrogen (secondary N) is 1. The Morgan fingerprint density at radius 3 is 2.55 bits per heavy atom. The van der Waals surface area contributed by atoms with Crippen molar-refractivity contribution < 1.29 is 9.47 Å². The lowest BCUT2D eigenvalue weighted by Gasteiger charge is -2.35. The van der Waals surface area contributed by atoms with Crippen molar-refractivity contribution >= 4 is 5.57 Å². The highest BCUT2D eigenvalue weighted by atomic mass is 16.5. The zero-order valence-electron chi connectivity index (χ0n) is 12.5. The fourth-order valence-electron chi connectivity index (χ4n) is 2.83. The smallest absolute Gasteiger partial charge is 0.120 e. The van der Waals surface area contributed by atoms with Gasteiger partial charge in [-0.2, -0.15) is 0 Å². The molecule has 1 fully saturated rings. The summed E-state index contributed by atoms with van der Waals surface area (Å²) >= 11 is 0. The number of ether oxygens (including phenoxy) is 2. The molecule has 1 aromatic rings. The molecule has 0 radical (unpaired) electrons. The number of hydrogen-bond donors (Lipinski definition) is 1. The minimum atomic E-state index is -0.149. The number of rotatable bonds is 2. The summed E-state index contributed by atoms with van der Waals surface area (Å²) in [5, 5.41) is 3.57. The average molecular weight is 273 g/mol. The Kier molecular flexibility index (Phi) is 3.57. The van der Waals surface area contributed by atoms with E-state index < -0.39 is 0 Å². The van der Waals surface area contributed by atoms with Gasteiger partial charge in [0, 0.05) is 12.1 Å². The van der Waals surface area contributed by atoms with E-state index in [4.69, 9.17) is 9.47 Å². The Morgan fingerprint density at radius 2 is 1.90 bits per heavy atom. The Morgan fingerprint density at radius 1 is 1.15 bits per heavy atom. The molecule has 1 saturated heterocycles. The van der Waals surface area contributed by atoms with E-state index >= 15 is 0 Å². The summed E-state index contributed by atoms with van der Waals surface area (Å²) in [4.78, 5) is 0. The molecule has 1 aromatic carbocycles. The van der Waals surface area contributed by atoms with Gasteiger partial charge in [-0.25, -0.2) is 0 Å². The molecule has 3 nitrogen and oxygen atoms in total. The monoisotopic (exact) mass is 273 g/mol. The predicted molar refractivity (Wildman–Crippen MR) is 80.9 cm³/mol. The quantitative estimate of drug-likeness (QED) is 0.898. The fraction of sp³-hybridized carbons (Fsp3) is 0.529. The Balaban J connectivity index is 1.76. The molecule has 1 N–H and O–H groups in total. The normalized spacial score (nSPS) is 26.1. The van der Waals surface area contributed by atoms with E-state index in [1.807, 2.05) is 0 Å². The van der Waals surface area contributed by atoms with Crippen LogP contribution in [0, 0.1) is 0 Å². The van der Waals surface area contributed by atoms with Gasteiger partial charge in [-0.3, -0.25) is 0 Å². The third kappa shape index (κ3) is 3.22. The van der Waals surface area contributed by atoms with Gasteiger partial charge in [0.2, 0.25) is 0 Å². The highest BCUT2D eigenvalue weighted by Gasteiger charge is 2.26. The van der Waals surface area contributed by atoms with Gasteiger partial charge in [-0.05, 0) is 50.5 Å². The van der Waals surface area contributed by atoms with Gasteiger partial charge in [0.1, 0.15) is 11.4 Å². The van der Waals surface area contributed by atoms with Crippen LogP contribution in [0.4, 0.5) is 0 Å². The van der Waals surface area contributed by atoms with E-state index in [9.17, 15) is 0 Å². The van der Waals surface area contributed by atoms with Gasteiger partial charge in [-0.15, -0.1) is 0 Å². The van der Waals surface area contributed by atoms with Crippen LogP contribution in [0.5, 0.6) is 5.75 Å². The SMILES string of the molecule is CC(C)(C)Oc1ccc(C2=CC3COCC(C2)N3)cc1. The molecule has 0 aromatic heterocycles. The molecule has 0 spiro atoms. The standard InChI is InChI=1S/C17H23NO2/c1-17(2,3)20-16-6-4-12(5-7-16)13-8-14-10-19-11-15(9-13)18-14/h4-8,14-15,18H,9-11H2,1-3H3. The topological polar surface area (TPSA) is 30.5 Å². The lowest BCUT2D eigenvalue weighted by molar-refractivity contribution is 0.0561. The largest absolute Gasteiger partial charge is 0.488 e. The molecule has 2 unspecified atom stereocenters. The fourth-order valence-corrected chi connectivity index (χ4v) is 2.83. The van der Waals surface area contributed by atoms with Crippen LogP contribution in [0.3, 0.4) is 0 Å². The van der Waals surface area contributed by atoms with Crippen LogP contribution in [0.2, 0.25) is 0 Å². The molecule has 0 aliphatic carbocycles. The summed E-state index contributed by atoms with van der Waals surface area (Å²) < 4.78 is 11.4. The van der Waals surface area contributed by atoms with Gasteiger partial charge < -0.3 is 14.8 Å². The second-order valence-corrected chi connectivity index (χ2v) is 6.64. The van der Waals surface area contributed by atoms with Gasteiger partial charge in [0.15, 0.2) is 0 Å². The van der Waals surface area contributed by atoms with Crippen molar-refractivity contribution in [2.75, 3.05) is 13.2 Å². The first-order chi connectivity index (χ1) is 9.49. The minimum absolute atomic E-state index is 0.149. The van der Waals surface area contributed by atoms with Crippen molar-refractivity contribution in [2.45, 2.75) is 44.9 Å². The first kappa shape index (κ1) is 13.7. The third-order valence-corrected chi connectivity index (χ3v) is 3.58. The summed E-state index contributed by atoms with van der Waals surface area (Å²) in [6.45, 7) is 7.80. The molecule has 2 aliphatic rings. The van der Waals surface area contributed by atoms with E-state index in [0.29, 0.717) is 12.1 Å². The number of benzene rings is 1. The van der Waals surface area contributed by atoms with E-state index in [0.717, 1.165) is 25.4 Å². The summed E-state index contributed by atoms with van der Waals surface area (Å²) in [7, 11) is 0. The number of fused-ring (bicyclic) bond motifs is 2. The minimum Gasteiger partial charge on any atom is -0.488 e. The number of morpholine rings is 1. The average Bonchev–Trinajstić information content (AvgIpc) is 2.37. The van der Waals surface area contributed by atoms with Crippen LogP contribution in [0.1, 0.15) is 32.8 Å². The highest BCUT2D eigenvalue weighted by molar-refractivity contribution is 5.68. The predicted octanol–water partition coefficient (Wildman–Crippen LogP) is 3.01. The van der Waals surface area contributed by atoms with E-state index in [1.165, 1.54) is 11.1 Å². The van der Waals surface area contributed by atoms with Crippen LogP contribution >= 0.6 is 0 Å². The summed E-state index contributed by atoms with van der Waals surface area (Å²) in [5.74, 6) is 0.930. The molecule has 2 aliphatic heterocycles. The van der Waals surface area contributed by atoms with Gasteiger partial charge in [-0.1, -0.05) is 18.2 Å². The summed E-state index contributed by atoms with van der Waals surface area (Å²) in [5.41, 5.74) is 2.57. The first-order valence-corrected chi connectivity index (χ1v) is 7.33. The Labute approximate surface area is 121 Å². The van der Waals surface area contributed by atoms with Gasteiger partial charge >= 0.3 is 0 Å². The van der Waals surface area contributed by atoms with Crippen molar-refractivity contribution in [3.8, 4) is 5.75 Å². The molecule has 3 rings (SSSR count). The second-order valence-electron chi connectivity index (χ2n) is 6.64. The lowest BCUT2D eigenvalue weighted by Crippen LogP contribution is -2.50. The van der Waals surface area contributed by atoms with Crippen molar-refractivity contribution in [1.29, 1.82) is 0 Å². The zero-order valence-corrected chi connectivity index (χ0v) is 12.5. The highest BCUT2D eigenvalue weighted by Crippen LogP contribution is 2.28. The molecule has 2 bridgehead atoms. The lowest BCUT2D eigenvalue weighted by atomic mass is 9.92. The molecule has 0 amide bonds. The van der Waals surface area contributed by atoms with Crippen LogP contribution in [-0.2, 0) is 4.74 Å². The Hall–Kier alpha value is -1.32. The zero-order chi connectivity index (χ0) is 14.2. The van der Waals surface area contributed by atoms with Crippen LogP contribution in [-0.4, -0.2) is 30.9 Å². The maximum atomic E-state index is 5.87. The van der Waals surface area contributed by atoms with E-state index in [1.54, 1.807) is 0 Å². The van der Waals surface area contributed by atoms with E-state index in [2.05, 4.69) is 56.4 Å². The number of hydrogen-bond acceptors (Lipinski definition) is 3. The van der Waals surface area contributed by atoms with Crippen LogP contribution in [0.15, 0.2) is 30.3 Å². The molecule has 2 heterocycles. The van der Waals surface area contributed by atoms with Crippen molar-refractivity contribution in [3.63, 3.8) is 0 Å². The maximum Gasteiger partial charge on any atom is 0.120 e. The van der Waals surface area contributed by atoms with Gasteiger partial charge in [0.05, 0.1) is 13.2 Å². The molecule has 3 heteroatoms. The molecule has 0 saturated carbocycles. The maximum absolute atomic E-state index is 5.87. The van der Waals surface area contributed by atoms with Crippen molar-refractivity contribution in [2.24, 2.45) is 0 Å². The first-order valence-electron chi connectivity index (χ1n) is 7.33. The Bertz CT molecular complexity index is 499. The summed E-state index contributed by atoms with van der Waals surface area (Å²) in [6.07, 6.45) is 3.34. The summed E-state index contributed by atoms with van der Waals surface area (Å²) in [6, 6.07) is 9.27. The molecular weight excluding hydrogens is 250 g/mol. The second kappa shape index (κ2) is 5.23. The molecule has 2 atom stereocenters.